The standard InChI is InChI=1S/C54H45N7O19P2S/c62-28-37-42(44(80-82(72,73)83)51(75-37)58-27-26-39(63)60(54(58)69)47(64)32-16-6-1-7-17-32)79-81(70,71)74-29-38-41(77-52(67)35-22-12-4-13-23-35)43(78-53(68)36-24-14-5-15-25-36)50(76-38)59-31-57-40-45(59)55-30-56-46(40)61(48(65)33-18-8-2-9-19-33)49(66)34-20-10-3-11-21-34/h1-27,30-31,37-38,41-44,50-51,62H,28-29H2,(H,70,71)(H2,72,73,83)/t37-,38-,41-,42-,43-,44-,50-,51-/m1/s1. The van der Waals surface area contributed by atoms with E-state index in [1.165, 1.54) is 89.5 Å². The van der Waals surface area contributed by atoms with E-state index in [1.54, 1.807) is 66.7 Å². The molecule has 26 nitrogen and oxygen atoms in total. The lowest BCUT2D eigenvalue weighted by molar-refractivity contribution is -0.0620. The number of ether oxygens (including phenoxy) is 4. The van der Waals surface area contributed by atoms with Crippen LogP contribution in [0.25, 0.3) is 11.2 Å². The van der Waals surface area contributed by atoms with Crippen molar-refractivity contribution in [2.75, 3.05) is 18.1 Å². The van der Waals surface area contributed by atoms with Crippen LogP contribution < -0.4 is 16.1 Å². The van der Waals surface area contributed by atoms with Gasteiger partial charge in [-0.3, -0.25) is 41.9 Å². The smallest absolute Gasteiger partial charge is 0.452 e. The lowest BCUT2D eigenvalue weighted by Crippen LogP contribution is -2.46. The van der Waals surface area contributed by atoms with Crippen molar-refractivity contribution in [2.45, 2.75) is 49.1 Å². The first-order chi connectivity index (χ1) is 39.9. The first kappa shape index (κ1) is 57.8. The second-order valence-electron chi connectivity index (χ2n) is 18.2. The van der Waals surface area contributed by atoms with E-state index < -0.39 is 118 Å². The van der Waals surface area contributed by atoms with Gasteiger partial charge in [-0.05, 0) is 72.5 Å². The molecule has 8 aromatic rings. The SMILES string of the molecule is O=C(O[C@@H]1[C@H](OC(=O)c2ccccc2)[C@@H](COP(=O)(O)O[C@H]2[C@@H](OP(O)(O)=S)[C@H](n3ccc(=O)n(C(=O)c4ccccc4)c3=O)O[C@@H]2CO)O[C@H]1n1cnc2c(N(C(=O)c3ccccc3)C(=O)c3ccccc3)ncnc21)c1ccccc1. The molecule has 2 aliphatic heterocycles. The van der Waals surface area contributed by atoms with Crippen molar-refractivity contribution in [1.82, 2.24) is 28.7 Å². The van der Waals surface area contributed by atoms with Crippen molar-refractivity contribution in [3.05, 3.63) is 225 Å². The molecule has 5 heterocycles. The fourth-order valence-electron chi connectivity index (χ4n) is 9.17. The highest BCUT2D eigenvalue weighted by Crippen LogP contribution is 2.53. The number of aliphatic hydroxyl groups excluding tert-OH is 1. The Labute approximate surface area is 473 Å². The number of benzene rings is 5. The van der Waals surface area contributed by atoms with E-state index in [4.69, 9.17) is 44.3 Å². The predicted molar refractivity (Wildman–Crippen MR) is 291 cm³/mol. The molecule has 5 aromatic carbocycles. The Morgan fingerprint density at radius 1 is 0.590 bits per heavy atom. The maximum Gasteiger partial charge on any atom is 0.472 e. The molecule has 0 radical (unpaired) electrons. The van der Waals surface area contributed by atoms with Gasteiger partial charge in [-0.15, -0.1) is 0 Å². The maximum atomic E-state index is 14.4. The zero-order chi connectivity index (χ0) is 58.6. The Balaban J connectivity index is 1.01. The number of amides is 2. The monoisotopic (exact) mass is 1190 g/mol. The van der Waals surface area contributed by atoms with Crippen LogP contribution in [0, 0.1) is 0 Å². The Morgan fingerprint density at radius 2 is 1.08 bits per heavy atom. The van der Waals surface area contributed by atoms with Gasteiger partial charge in [-0.25, -0.2) is 38.8 Å². The fraction of sp³-hybridized carbons (Fsp3) is 0.185. The molecule has 29 heteroatoms. The van der Waals surface area contributed by atoms with Crippen molar-refractivity contribution < 1.29 is 80.8 Å². The molecule has 0 aliphatic carbocycles. The van der Waals surface area contributed by atoms with E-state index in [0.29, 0.717) is 4.57 Å². The topological polar surface area (TPSA) is 339 Å². The quantitative estimate of drug-likeness (QED) is 0.0527. The van der Waals surface area contributed by atoms with Crippen LogP contribution in [0.1, 0.15) is 64.2 Å². The third kappa shape index (κ3) is 12.5. The Bertz CT molecular complexity index is 3880. The van der Waals surface area contributed by atoms with Crippen molar-refractivity contribution in [3.63, 3.8) is 0 Å². The Kier molecular flexibility index (Phi) is 17.1. The predicted octanol–water partition coefficient (Wildman–Crippen LogP) is 4.36. The molecule has 0 bridgehead atoms. The molecule has 0 spiro atoms. The Morgan fingerprint density at radius 3 is 1.61 bits per heavy atom. The number of phosphoric ester groups is 1. The second-order valence-corrected chi connectivity index (χ2v) is 22.3. The summed E-state index contributed by atoms with van der Waals surface area (Å²) < 4.78 is 57.3. The molecule has 2 aliphatic rings. The van der Waals surface area contributed by atoms with Gasteiger partial charge < -0.3 is 38.7 Å². The minimum atomic E-state index is -5.66. The van der Waals surface area contributed by atoms with E-state index in [1.807, 2.05) is 0 Å². The largest absolute Gasteiger partial charge is 0.472 e. The van der Waals surface area contributed by atoms with Gasteiger partial charge in [-0.2, -0.15) is 4.57 Å². The van der Waals surface area contributed by atoms with E-state index in [-0.39, 0.29) is 49.4 Å². The summed E-state index contributed by atoms with van der Waals surface area (Å²) in [6.07, 6.45) is -11.8. The first-order valence-electron chi connectivity index (χ1n) is 24.8. The third-order valence-electron chi connectivity index (χ3n) is 13.0. The Hall–Kier alpha value is -8.40. The van der Waals surface area contributed by atoms with Gasteiger partial charge in [0.2, 0.25) is 0 Å². The number of fused-ring (bicyclic) bond motifs is 1. The molecule has 2 fully saturated rings. The van der Waals surface area contributed by atoms with Crippen LogP contribution in [-0.4, -0.2) is 128 Å². The average Bonchev–Trinajstić information content (AvgIpc) is 4.04. The minimum absolute atomic E-state index is 0.000822. The van der Waals surface area contributed by atoms with Gasteiger partial charge >= 0.3 is 32.2 Å². The van der Waals surface area contributed by atoms with Gasteiger partial charge in [-0.1, -0.05) is 91.0 Å². The minimum Gasteiger partial charge on any atom is -0.452 e. The maximum absolute atomic E-state index is 14.4. The molecule has 4 N–H and O–H groups in total. The van der Waals surface area contributed by atoms with Gasteiger partial charge in [0.1, 0.15) is 30.7 Å². The number of hydrogen-bond acceptors (Lipinski definition) is 20. The third-order valence-corrected chi connectivity index (χ3v) is 14.7. The molecular formula is C54H45N7O19P2S. The van der Waals surface area contributed by atoms with Gasteiger partial charge in [0.25, 0.3) is 23.3 Å². The molecule has 2 amide bonds. The number of aromatic nitrogens is 6. The lowest BCUT2D eigenvalue weighted by Gasteiger charge is -2.28. The molecule has 83 heavy (non-hydrogen) atoms. The number of rotatable bonds is 18. The number of carbonyl (C=O) groups excluding carboxylic acids is 5. The number of esters is 2. The molecule has 9 atom stereocenters. The molecular weight excluding hydrogens is 1140 g/mol. The molecule has 0 saturated carbocycles. The van der Waals surface area contributed by atoms with Crippen molar-refractivity contribution in [3.8, 4) is 0 Å². The van der Waals surface area contributed by atoms with Crippen LogP contribution >= 0.6 is 14.5 Å². The number of anilines is 1. The zero-order valence-corrected chi connectivity index (χ0v) is 45.2. The van der Waals surface area contributed by atoms with Crippen molar-refractivity contribution >= 4 is 73.0 Å². The summed E-state index contributed by atoms with van der Waals surface area (Å²) in [5.41, 5.74) is -2.57. The molecule has 1 unspecified atom stereocenters. The van der Waals surface area contributed by atoms with E-state index >= 15 is 0 Å². The van der Waals surface area contributed by atoms with E-state index in [2.05, 4.69) is 15.0 Å². The summed E-state index contributed by atoms with van der Waals surface area (Å²) >= 11 is 4.74. The second kappa shape index (κ2) is 24.6. The van der Waals surface area contributed by atoms with Crippen LogP contribution in [0.2, 0.25) is 0 Å². The highest BCUT2D eigenvalue weighted by molar-refractivity contribution is 8.06. The number of aliphatic hydroxyl groups is 1. The number of phosphoric acid groups is 1. The van der Waals surface area contributed by atoms with Crippen molar-refractivity contribution in [2.24, 2.45) is 0 Å². The molecule has 2 saturated heterocycles. The summed E-state index contributed by atoms with van der Waals surface area (Å²) in [6, 6.07) is 38.9. The number of imidazole rings is 1. The van der Waals surface area contributed by atoms with Crippen LogP contribution in [0.5, 0.6) is 0 Å². The highest BCUT2D eigenvalue weighted by atomic mass is 32.5. The van der Waals surface area contributed by atoms with Crippen LogP contribution in [0.3, 0.4) is 0 Å². The zero-order valence-electron chi connectivity index (χ0n) is 42.6. The molecule has 10 rings (SSSR count). The van der Waals surface area contributed by atoms with E-state index in [0.717, 1.165) is 29.8 Å². The number of carbonyl (C=O) groups is 5. The van der Waals surface area contributed by atoms with Crippen LogP contribution in [-0.2, 0) is 48.9 Å². The van der Waals surface area contributed by atoms with Crippen LogP contribution in [0.4, 0.5) is 5.82 Å². The van der Waals surface area contributed by atoms with Gasteiger partial charge in [0, 0.05) is 29.0 Å². The van der Waals surface area contributed by atoms with Gasteiger partial charge in [0.15, 0.2) is 41.6 Å². The first-order valence-corrected chi connectivity index (χ1v) is 29.0. The molecule has 3 aromatic heterocycles. The summed E-state index contributed by atoms with van der Waals surface area (Å²) in [4.78, 5) is 144. The fourth-order valence-corrected chi connectivity index (χ4v) is 11.0. The van der Waals surface area contributed by atoms with Crippen molar-refractivity contribution in [1.29, 1.82) is 0 Å². The summed E-state index contributed by atoms with van der Waals surface area (Å²) in [6.45, 7) is -7.01. The van der Waals surface area contributed by atoms with Crippen LogP contribution in [0.15, 0.2) is 186 Å². The normalized spacial score (nSPS) is 21.2. The lowest BCUT2D eigenvalue weighted by atomic mass is 10.1. The number of nitrogens with zero attached hydrogens (tertiary/aromatic N) is 7. The summed E-state index contributed by atoms with van der Waals surface area (Å²) in [7, 11) is -5.66. The summed E-state index contributed by atoms with van der Waals surface area (Å²) in [5.74, 6) is -4.92. The number of imide groups is 1. The summed E-state index contributed by atoms with van der Waals surface area (Å²) in [5, 5.41) is 10.5. The highest BCUT2D eigenvalue weighted by Gasteiger charge is 2.55. The number of hydrogen-bond donors (Lipinski definition) is 4. The van der Waals surface area contributed by atoms with Gasteiger partial charge in [0.05, 0.1) is 30.7 Å². The molecule has 426 valence electrons. The average molecular weight is 1190 g/mol. The van der Waals surface area contributed by atoms with E-state index in [9.17, 15) is 57.9 Å².